The molecule has 0 fully saturated rings. The van der Waals surface area contributed by atoms with E-state index in [0.717, 1.165) is 24.8 Å². The van der Waals surface area contributed by atoms with Crippen molar-refractivity contribution < 1.29 is 9.53 Å². The molecule has 0 saturated heterocycles. The molecular formula is C18H30N4O2. The quantitative estimate of drug-likeness (QED) is 0.433. The smallest absolute Gasteiger partial charge is 0.222 e. The zero-order valence-electron chi connectivity index (χ0n) is 15.4. The maximum absolute atomic E-state index is 11.5. The zero-order chi connectivity index (χ0) is 17.9. The van der Waals surface area contributed by atoms with E-state index in [9.17, 15) is 4.79 Å². The predicted octanol–water partition coefficient (Wildman–Crippen LogP) is 1.86. The molecule has 0 spiro atoms. The number of ether oxygens (including phenoxy) is 1. The number of hydrogen-bond donors (Lipinski definition) is 2. The third-order valence-corrected chi connectivity index (χ3v) is 3.47. The van der Waals surface area contributed by atoms with Crippen LogP contribution in [0.2, 0.25) is 0 Å². The minimum absolute atomic E-state index is 0.0000348. The van der Waals surface area contributed by atoms with Crippen LogP contribution in [0, 0.1) is 5.92 Å². The van der Waals surface area contributed by atoms with E-state index in [1.165, 1.54) is 5.56 Å². The van der Waals surface area contributed by atoms with Gasteiger partial charge in [0.25, 0.3) is 0 Å². The number of nitrogens with one attached hydrogen (secondary N) is 2. The molecular weight excluding hydrogens is 304 g/mol. The number of aliphatic imine (C=N–C) groups is 1. The summed E-state index contributed by atoms with van der Waals surface area (Å²) in [6, 6.07) is 7.99. The van der Waals surface area contributed by atoms with E-state index in [4.69, 9.17) is 4.74 Å². The first-order chi connectivity index (χ1) is 11.5. The van der Waals surface area contributed by atoms with Crippen molar-refractivity contribution in [2.75, 3.05) is 33.8 Å². The van der Waals surface area contributed by atoms with Crippen molar-refractivity contribution >= 4 is 11.9 Å². The summed E-state index contributed by atoms with van der Waals surface area (Å²) in [5.74, 6) is 1.73. The van der Waals surface area contributed by atoms with Crippen molar-refractivity contribution in [3.63, 3.8) is 0 Å². The molecule has 134 valence electrons. The first kappa shape index (κ1) is 19.8. The van der Waals surface area contributed by atoms with Gasteiger partial charge in [0.05, 0.1) is 13.7 Å². The van der Waals surface area contributed by atoms with Crippen molar-refractivity contribution in [1.29, 1.82) is 0 Å². The molecule has 0 atom stereocenters. The van der Waals surface area contributed by atoms with Crippen LogP contribution in [0.5, 0.6) is 5.75 Å². The van der Waals surface area contributed by atoms with E-state index in [1.54, 1.807) is 7.11 Å². The maximum atomic E-state index is 11.5. The van der Waals surface area contributed by atoms with Gasteiger partial charge in [0.1, 0.15) is 5.75 Å². The van der Waals surface area contributed by atoms with Crippen molar-refractivity contribution in [1.82, 2.24) is 15.5 Å². The Balaban J connectivity index is 2.57. The second-order valence-electron chi connectivity index (χ2n) is 5.89. The number of carbonyl (C=O) groups excluding carboxylic acids is 1. The van der Waals surface area contributed by atoms with Gasteiger partial charge in [0.15, 0.2) is 5.96 Å². The maximum Gasteiger partial charge on any atom is 0.222 e. The molecule has 24 heavy (non-hydrogen) atoms. The Bertz CT molecular complexity index is 526. The van der Waals surface area contributed by atoms with E-state index < -0.39 is 0 Å². The molecule has 0 aliphatic rings. The van der Waals surface area contributed by atoms with E-state index >= 15 is 0 Å². The summed E-state index contributed by atoms with van der Waals surface area (Å²) in [7, 11) is 3.66. The number of hydrogen-bond acceptors (Lipinski definition) is 3. The lowest BCUT2D eigenvalue weighted by Gasteiger charge is -2.22. The summed E-state index contributed by atoms with van der Waals surface area (Å²) < 4.78 is 5.18. The Morgan fingerprint density at radius 3 is 2.46 bits per heavy atom. The lowest BCUT2D eigenvalue weighted by molar-refractivity contribution is -0.123. The Morgan fingerprint density at radius 1 is 1.25 bits per heavy atom. The normalized spacial score (nSPS) is 11.3. The molecule has 0 bridgehead atoms. The number of carbonyl (C=O) groups is 1. The third kappa shape index (κ3) is 6.89. The number of guanidine groups is 1. The van der Waals surface area contributed by atoms with Crippen molar-refractivity contribution in [2.45, 2.75) is 27.3 Å². The highest BCUT2D eigenvalue weighted by molar-refractivity contribution is 5.80. The molecule has 0 aromatic heterocycles. The van der Waals surface area contributed by atoms with Crippen molar-refractivity contribution in [3.05, 3.63) is 29.8 Å². The summed E-state index contributed by atoms with van der Waals surface area (Å²) in [5.41, 5.74) is 1.18. The molecule has 0 radical (unpaired) electrons. The van der Waals surface area contributed by atoms with Crippen LogP contribution in [-0.2, 0) is 11.3 Å². The van der Waals surface area contributed by atoms with Gasteiger partial charge in [0.2, 0.25) is 5.91 Å². The number of benzene rings is 1. The minimum atomic E-state index is -0.0000348. The SMILES string of the molecule is CCNC(=NCCNC(=O)C(C)C)N(C)Cc1ccc(OC)cc1. The van der Waals surface area contributed by atoms with Gasteiger partial charge in [0, 0.05) is 32.6 Å². The van der Waals surface area contributed by atoms with Crippen LogP contribution < -0.4 is 15.4 Å². The Labute approximate surface area is 145 Å². The number of rotatable bonds is 8. The first-order valence-corrected chi connectivity index (χ1v) is 8.38. The highest BCUT2D eigenvalue weighted by Crippen LogP contribution is 2.12. The van der Waals surface area contributed by atoms with E-state index in [0.29, 0.717) is 13.1 Å². The highest BCUT2D eigenvalue weighted by atomic mass is 16.5. The van der Waals surface area contributed by atoms with Crippen LogP contribution in [0.15, 0.2) is 29.3 Å². The number of amides is 1. The fourth-order valence-electron chi connectivity index (χ4n) is 2.09. The fraction of sp³-hybridized carbons (Fsp3) is 0.556. The summed E-state index contributed by atoms with van der Waals surface area (Å²) in [4.78, 5) is 18.2. The van der Waals surface area contributed by atoms with Crippen LogP contribution in [0.25, 0.3) is 0 Å². The highest BCUT2D eigenvalue weighted by Gasteiger charge is 2.08. The van der Waals surface area contributed by atoms with Crippen LogP contribution in [-0.4, -0.2) is 50.6 Å². The van der Waals surface area contributed by atoms with Crippen LogP contribution in [0.1, 0.15) is 26.3 Å². The minimum Gasteiger partial charge on any atom is -0.497 e. The summed E-state index contributed by atoms with van der Waals surface area (Å²) in [6.45, 7) is 8.43. The third-order valence-electron chi connectivity index (χ3n) is 3.47. The van der Waals surface area contributed by atoms with Gasteiger partial charge < -0.3 is 20.3 Å². The Kier molecular flexibility index (Phi) is 8.68. The Hall–Kier alpha value is -2.24. The molecule has 0 aliphatic heterocycles. The molecule has 6 heteroatoms. The average molecular weight is 334 g/mol. The predicted molar refractivity (Wildman–Crippen MR) is 98.3 cm³/mol. The standard InChI is InChI=1S/C18H30N4O2/c1-6-19-18(21-12-11-20-17(23)14(2)3)22(4)13-15-7-9-16(24-5)10-8-15/h7-10,14H,6,11-13H2,1-5H3,(H,19,21)(H,20,23). The first-order valence-electron chi connectivity index (χ1n) is 8.38. The summed E-state index contributed by atoms with van der Waals surface area (Å²) in [6.07, 6.45) is 0. The van der Waals surface area contributed by atoms with Gasteiger partial charge in [-0.3, -0.25) is 9.79 Å². The summed E-state index contributed by atoms with van der Waals surface area (Å²) in [5, 5.41) is 6.15. The zero-order valence-corrected chi connectivity index (χ0v) is 15.4. The topological polar surface area (TPSA) is 66.0 Å². The van der Waals surface area contributed by atoms with Gasteiger partial charge in [-0.1, -0.05) is 26.0 Å². The van der Waals surface area contributed by atoms with Gasteiger partial charge in [-0.05, 0) is 24.6 Å². The fourth-order valence-corrected chi connectivity index (χ4v) is 2.09. The molecule has 1 aromatic carbocycles. The van der Waals surface area contributed by atoms with E-state index in [2.05, 4.69) is 20.5 Å². The average Bonchev–Trinajstić information content (AvgIpc) is 2.57. The number of methoxy groups -OCH3 is 1. The van der Waals surface area contributed by atoms with Crippen LogP contribution >= 0.6 is 0 Å². The molecule has 0 heterocycles. The second kappa shape index (κ2) is 10.5. The molecule has 0 saturated carbocycles. The van der Waals surface area contributed by atoms with E-state index in [1.807, 2.05) is 52.1 Å². The van der Waals surface area contributed by atoms with Crippen LogP contribution in [0.4, 0.5) is 0 Å². The van der Waals surface area contributed by atoms with Gasteiger partial charge in [-0.25, -0.2) is 0 Å². The van der Waals surface area contributed by atoms with Gasteiger partial charge >= 0.3 is 0 Å². The van der Waals surface area contributed by atoms with Gasteiger partial charge in [-0.2, -0.15) is 0 Å². The van der Waals surface area contributed by atoms with Gasteiger partial charge in [-0.15, -0.1) is 0 Å². The molecule has 1 aromatic rings. The molecule has 1 amide bonds. The van der Waals surface area contributed by atoms with E-state index in [-0.39, 0.29) is 11.8 Å². The molecule has 0 aliphatic carbocycles. The number of nitrogens with zero attached hydrogens (tertiary/aromatic N) is 2. The summed E-state index contributed by atoms with van der Waals surface area (Å²) >= 11 is 0. The van der Waals surface area contributed by atoms with Crippen molar-refractivity contribution in [2.24, 2.45) is 10.9 Å². The van der Waals surface area contributed by atoms with Crippen LogP contribution in [0.3, 0.4) is 0 Å². The molecule has 0 unspecified atom stereocenters. The lowest BCUT2D eigenvalue weighted by Crippen LogP contribution is -2.39. The molecule has 2 N–H and O–H groups in total. The molecule has 1 rings (SSSR count). The lowest BCUT2D eigenvalue weighted by atomic mass is 10.2. The Morgan fingerprint density at radius 2 is 1.92 bits per heavy atom. The monoisotopic (exact) mass is 334 g/mol. The van der Waals surface area contributed by atoms with Crippen molar-refractivity contribution in [3.8, 4) is 5.75 Å². The largest absolute Gasteiger partial charge is 0.497 e. The molecule has 6 nitrogen and oxygen atoms in total. The second-order valence-corrected chi connectivity index (χ2v) is 5.89.